The number of hydrogen-bond donors (Lipinski definition) is 0. The van der Waals surface area contributed by atoms with Crippen LogP contribution in [0.25, 0.3) is 0 Å². The summed E-state index contributed by atoms with van der Waals surface area (Å²) in [7, 11) is 0. The lowest BCUT2D eigenvalue weighted by molar-refractivity contribution is -0.162. The second kappa shape index (κ2) is 5.66. The second-order valence-corrected chi connectivity index (χ2v) is 5.62. The molecule has 8 heteroatoms. The van der Waals surface area contributed by atoms with Gasteiger partial charge in [0.05, 0.1) is 18.0 Å². The molecule has 1 aliphatic rings. The molecule has 3 nitrogen and oxygen atoms in total. The van der Waals surface area contributed by atoms with Crippen molar-refractivity contribution in [1.82, 2.24) is 9.88 Å². The second-order valence-electron chi connectivity index (χ2n) is 4.41. The van der Waals surface area contributed by atoms with Crippen LogP contribution in [0.4, 0.5) is 13.2 Å². The number of halogens is 4. The fourth-order valence-electron chi connectivity index (χ4n) is 1.72. The molecule has 1 saturated carbocycles. The molecule has 0 aromatic carbocycles. The molecule has 0 aliphatic heterocycles. The minimum Gasteiger partial charge on any atom is -0.330 e. The molecule has 1 aliphatic carbocycles. The van der Waals surface area contributed by atoms with Gasteiger partial charge in [0.15, 0.2) is 0 Å². The fourth-order valence-corrected chi connectivity index (χ4v) is 2.74. The summed E-state index contributed by atoms with van der Waals surface area (Å²) < 4.78 is 37.3. The van der Waals surface area contributed by atoms with E-state index in [0.29, 0.717) is 23.5 Å². The van der Waals surface area contributed by atoms with E-state index in [1.54, 1.807) is 5.38 Å². The quantitative estimate of drug-likeness (QED) is 0.783. The van der Waals surface area contributed by atoms with Crippen molar-refractivity contribution in [3.05, 3.63) is 16.1 Å². The van der Waals surface area contributed by atoms with E-state index in [4.69, 9.17) is 11.6 Å². The van der Waals surface area contributed by atoms with Gasteiger partial charge in [0.25, 0.3) is 0 Å². The van der Waals surface area contributed by atoms with Crippen molar-refractivity contribution in [1.29, 1.82) is 0 Å². The van der Waals surface area contributed by atoms with Crippen molar-refractivity contribution in [3.63, 3.8) is 0 Å². The Morgan fingerprint density at radius 2 is 2.21 bits per heavy atom. The zero-order valence-electron chi connectivity index (χ0n) is 9.91. The molecule has 1 amide bonds. The molecule has 0 radical (unpaired) electrons. The molecule has 1 fully saturated rings. The van der Waals surface area contributed by atoms with Crippen LogP contribution in [0.15, 0.2) is 5.38 Å². The zero-order valence-corrected chi connectivity index (χ0v) is 11.5. The van der Waals surface area contributed by atoms with E-state index in [9.17, 15) is 18.0 Å². The lowest BCUT2D eigenvalue weighted by Crippen LogP contribution is -2.41. The van der Waals surface area contributed by atoms with Crippen LogP contribution >= 0.6 is 22.9 Å². The van der Waals surface area contributed by atoms with Gasteiger partial charge in [0.1, 0.15) is 11.6 Å². The van der Waals surface area contributed by atoms with Gasteiger partial charge in [-0.15, -0.1) is 22.9 Å². The van der Waals surface area contributed by atoms with Crippen molar-refractivity contribution in [2.24, 2.45) is 0 Å². The van der Waals surface area contributed by atoms with Gasteiger partial charge in [-0.2, -0.15) is 13.2 Å². The number of aromatic nitrogens is 1. The molecule has 1 heterocycles. The number of carbonyl (C=O) groups is 1. The van der Waals surface area contributed by atoms with E-state index in [-0.39, 0.29) is 18.3 Å². The minimum absolute atomic E-state index is 0.0892. The Kier molecular flexibility index (Phi) is 4.35. The molecule has 0 bridgehead atoms. The molecule has 0 saturated heterocycles. The van der Waals surface area contributed by atoms with Crippen LogP contribution in [0.5, 0.6) is 0 Å². The van der Waals surface area contributed by atoms with Crippen molar-refractivity contribution in [2.45, 2.75) is 37.4 Å². The van der Waals surface area contributed by atoms with E-state index in [0.717, 1.165) is 4.90 Å². The zero-order chi connectivity index (χ0) is 14.0. The van der Waals surface area contributed by atoms with E-state index in [1.165, 1.54) is 11.3 Å². The minimum atomic E-state index is -4.36. The number of hydrogen-bond acceptors (Lipinski definition) is 3. The highest BCUT2D eigenvalue weighted by atomic mass is 35.5. The van der Waals surface area contributed by atoms with Crippen LogP contribution < -0.4 is 0 Å². The Balaban J connectivity index is 1.99. The first-order chi connectivity index (χ1) is 8.89. The standard InChI is InChI=1S/C11H12ClF3N2OS/c12-4-7-5-19-9(16-7)3-10(18)17(8-1-2-8)6-11(13,14)15/h5,8H,1-4,6H2. The predicted octanol–water partition coefficient (Wildman–Crippen LogP) is 2.98. The summed E-state index contributed by atoms with van der Waals surface area (Å²) in [5.74, 6) is -0.283. The summed E-state index contributed by atoms with van der Waals surface area (Å²) in [5.41, 5.74) is 0.642. The van der Waals surface area contributed by atoms with Crippen molar-refractivity contribution >= 4 is 28.8 Å². The number of alkyl halides is 4. The Bertz CT molecular complexity index is 459. The highest BCUT2D eigenvalue weighted by molar-refractivity contribution is 7.09. The molecule has 0 spiro atoms. The van der Waals surface area contributed by atoms with Crippen LogP contribution in [-0.2, 0) is 17.1 Å². The number of nitrogens with zero attached hydrogens (tertiary/aromatic N) is 2. The average molecular weight is 313 g/mol. The molecule has 106 valence electrons. The lowest BCUT2D eigenvalue weighted by atomic mass is 10.3. The van der Waals surface area contributed by atoms with Gasteiger partial charge in [-0.1, -0.05) is 0 Å². The molecular formula is C11H12ClF3N2OS. The number of carbonyl (C=O) groups excluding carboxylic acids is 1. The number of amides is 1. The summed E-state index contributed by atoms with van der Waals surface area (Å²) >= 11 is 6.83. The molecular weight excluding hydrogens is 301 g/mol. The van der Waals surface area contributed by atoms with Crippen LogP contribution in [0, 0.1) is 0 Å². The Morgan fingerprint density at radius 3 is 2.68 bits per heavy atom. The van der Waals surface area contributed by atoms with Gasteiger partial charge < -0.3 is 4.90 Å². The van der Waals surface area contributed by atoms with E-state index >= 15 is 0 Å². The lowest BCUT2D eigenvalue weighted by Gasteiger charge is -2.23. The van der Waals surface area contributed by atoms with Gasteiger partial charge in [0.2, 0.25) is 5.91 Å². The van der Waals surface area contributed by atoms with Gasteiger partial charge in [-0.25, -0.2) is 4.98 Å². The maximum absolute atomic E-state index is 12.4. The molecule has 2 rings (SSSR count). The molecule has 0 atom stereocenters. The Labute approximate surface area is 117 Å². The smallest absolute Gasteiger partial charge is 0.330 e. The van der Waals surface area contributed by atoms with Crippen LogP contribution in [0.1, 0.15) is 23.5 Å². The van der Waals surface area contributed by atoms with Gasteiger partial charge in [-0.3, -0.25) is 4.79 Å². The SMILES string of the molecule is O=C(Cc1nc(CCl)cs1)N(CC(F)(F)F)C1CC1. The average Bonchev–Trinajstić information content (AvgIpc) is 3.05. The van der Waals surface area contributed by atoms with Gasteiger partial charge in [-0.05, 0) is 12.8 Å². The summed E-state index contributed by atoms with van der Waals surface area (Å²) in [4.78, 5) is 16.9. The molecule has 1 aromatic heterocycles. The summed E-state index contributed by atoms with van der Waals surface area (Å²) in [6.07, 6.45) is -3.16. The highest BCUT2D eigenvalue weighted by Crippen LogP contribution is 2.30. The summed E-state index contributed by atoms with van der Waals surface area (Å²) in [6.45, 7) is -1.18. The fraction of sp³-hybridized carbons (Fsp3) is 0.636. The number of thiazole rings is 1. The van der Waals surface area contributed by atoms with Gasteiger partial charge >= 0.3 is 6.18 Å². The number of rotatable bonds is 5. The third kappa shape index (κ3) is 4.35. The third-order valence-corrected chi connectivity index (χ3v) is 3.87. The van der Waals surface area contributed by atoms with E-state index in [1.807, 2.05) is 0 Å². The van der Waals surface area contributed by atoms with Crippen LogP contribution in [0.3, 0.4) is 0 Å². The first kappa shape index (κ1) is 14.6. The highest BCUT2D eigenvalue weighted by Gasteiger charge is 2.40. The first-order valence-electron chi connectivity index (χ1n) is 5.74. The monoisotopic (exact) mass is 312 g/mol. The Morgan fingerprint density at radius 1 is 1.53 bits per heavy atom. The normalized spacial score (nSPS) is 15.6. The molecule has 0 N–H and O–H groups in total. The maximum Gasteiger partial charge on any atom is 0.406 e. The summed E-state index contributed by atoms with van der Waals surface area (Å²) in [6, 6.07) is -0.262. The van der Waals surface area contributed by atoms with Crippen LogP contribution in [0.2, 0.25) is 0 Å². The third-order valence-electron chi connectivity index (χ3n) is 2.70. The molecule has 0 unspecified atom stereocenters. The van der Waals surface area contributed by atoms with E-state index < -0.39 is 18.6 Å². The van der Waals surface area contributed by atoms with Gasteiger partial charge in [0, 0.05) is 11.4 Å². The molecule has 1 aromatic rings. The van der Waals surface area contributed by atoms with Crippen molar-refractivity contribution in [3.8, 4) is 0 Å². The summed E-state index contributed by atoms with van der Waals surface area (Å²) in [5, 5.41) is 2.22. The van der Waals surface area contributed by atoms with Crippen molar-refractivity contribution in [2.75, 3.05) is 6.54 Å². The van der Waals surface area contributed by atoms with Crippen LogP contribution in [-0.4, -0.2) is 34.6 Å². The van der Waals surface area contributed by atoms with Crippen molar-refractivity contribution < 1.29 is 18.0 Å². The Hall–Kier alpha value is -0.820. The first-order valence-corrected chi connectivity index (χ1v) is 7.16. The van der Waals surface area contributed by atoms with E-state index in [2.05, 4.69) is 4.98 Å². The molecule has 19 heavy (non-hydrogen) atoms. The predicted molar refractivity (Wildman–Crippen MR) is 66.2 cm³/mol. The largest absolute Gasteiger partial charge is 0.406 e. The maximum atomic E-state index is 12.4. The topological polar surface area (TPSA) is 33.2 Å².